The van der Waals surface area contributed by atoms with Crippen LogP contribution < -0.4 is 20.5 Å². The van der Waals surface area contributed by atoms with Gasteiger partial charge < -0.3 is 24.1 Å². The maximum Gasteiger partial charge on any atom is 0.423 e. The summed E-state index contributed by atoms with van der Waals surface area (Å²) in [5, 5.41) is 14.8. The van der Waals surface area contributed by atoms with E-state index >= 15 is 0 Å². The summed E-state index contributed by atoms with van der Waals surface area (Å²) < 4.78 is 98.1. The predicted molar refractivity (Wildman–Crippen MR) is 163 cm³/mol. The summed E-state index contributed by atoms with van der Waals surface area (Å²) in [5.41, 5.74) is -4.05. The number of benzene rings is 1. The number of alkyl halides is 6. The third kappa shape index (κ3) is 8.47. The molecule has 0 spiro atoms. The Morgan fingerprint density at radius 1 is 1.04 bits per heavy atom. The fraction of sp³-hybridized carbons (Fsp3) is 0.484. The molecule has 4 aromatic rings. The van der Waals surface area contributed by atoms with Crippen molar-refractivity contribution in [3.63, 3.8) is 0 Å². The molecule has 1 saturated heterocycles. The van der Waals surface area contributed by atoms with Gasteiger partial charge in [-0.05, 0) is 51.3 Å². The first kappa shape index (κ1) is 35.6. The number of hydrogen-bond donors (Lipinski definition) is 1. The van der Waals surface area contributed by atoms with Crippen molar-refractivity contribution in [1.29, 1.82) is 0 Å². The van der Waals surface area contributed by atoms with Crippen molar-refractivity contribution < 1.29 is 40.2 Å². The molecule has 1 aliphatic rings. The molecular weight excluding hydrogens is 662 g/mol. The number of halogens is 6. The van der Waals surface area contributed by atoms with Gasteiger partial charge in [0.25, 0.3) is 5.56 Å². The lowest BCUT2D eigenvalue weighted by Gasteiger charge is -2.44. The van der Waals surface area contributed by atoms with Gasteiger partial charge in [0, 0.05) is 36.4 Å². The lowest BCUT2D eigenvalue weighted by Crippen LogP contribution is -2.50. The SMILES string of the molecule is COc1ccc(Cn2ncc(NC(C)COCc3nnc(C4CCN(c5ncc(C(F)(F)F)cn5)C(C)(C)C4)o3)c(C(F)(F)F)c2=O)cc1. The van der Waals surface area contributed by atoms with Crippen LogP contribution in [0.3, 0.4) is 0 Å². The first-order valence-electron chi connectivity index (χ1n) is 15.2. The average molecular weight is 697 g/mol. The molecule has 2 unspecified atom stereocenters. The Morgan fingerprint density at radius 3 is 2.35 bits per heavy atom. The van der Waals surface area contributed by atoms with Crippen molar-refractivity contribution in [2.75, 3.05) is 30.5 Å². The van der Waals surface area contributed by atoms with Gasteiger partial charge in [0.05, 0.1) is 37.7 Å². The van der Waals surface area contributed by atoms with E-state index in [-0.39, 0.29) is 37.5 Å². The van der Waals surface area contributed by atoms with Gasteiger partial charge in [0.15, 0.2) is 0 Å². The molecule has 4 heterocycles. The van der Waals surface area contributed by atoms with Gasteiger partial charge in [-0.15, -0.1) is 10.2 Å². The number of aromatic nitrogens is 6. The molecular formula is C31H34F6N8O4. The molecule has 0 amide bonds. The second-order valence-electron chi connectivity index (χ2n) is 12.3. The van der Waals surface area contributed by atoms with E-state index in [0.29, 0.717) is 36.6 Å². The quantitative estimate of drug-likeness (QED) is 0.194. The van der Waals surface area contributed by atoms with Crippen molar-refractivity contribution in [3.8, 4) is 5.75 Å². The minimum Gasteiger partial charge on any atom is -0.497 e. The maximum absolute atomic E-state index is 14.0. The average Bonchev–Trinajstić information content (AvgIpc) is 3.50. The van der Waals surface area contributed by atoms with Crippen LogP contribution in [0.1, 0.15) is 68.0 Å². The topological polar surface area (TPSA) is 133 Å². The van der Waals surface area contributed by atoms with Crippen LogP contribution in [0.15, 0.2) is 52.1 Å². The van der Waals surface area contributed by atoms with Crippen molar-refractivity contribution >= 4 is 11.6 Å². The van der Waals surface area contributed by atoms with Crippen LogP contribution in [0.4, 0.5) is 38.0 Å². The van der Waals surface area contributed by atoms with Crippen LogP contribution >= 0.6 is 0 Å². The molecule has 1 aromatic carbocycles. The molecule has 5 rings (SSSR count). The Hall–Kier alpha value is -4.74. The molecule has 1 fully saturated rings. The van der Waals surface area contributed by atoms with Crippen LogP contribution in [-0.4, -0.2) is 61.8 Å². The van der Waals surface area contributed by atoms with E-state index in [1.807, 2.05) is 18.7 Å². The highest BCUT2D eigenvalue weighted by atomic mass is 19.4. The van der Waals surface area contributed by atoms with E-state index < -0.39 is 46.3 Å². The van der Waals surface area contributed by atoms with Crippen molar-refractivity contribution in [1.82, 2.24) is 29.9 Å². The van der Waals surface area contributed by atoms with Gasteiger partial charge in [-0.3, -0.25) is 4.79 Å². The van der Waals surface area contributed by atoms with E-state index in [1.54, 1.807) is 31.2 Å². The molecule has 0 aliphatic carbocycles. The number of piperidine rings is 1. The number of nitrogens with one attached hydrogen (secondary N) is 1. The Morgan fingerprint density at radius 2 is 1.73 bits per heavy atom. The molecule has 2 atom stereocenters. The summed E-state index contributed by atoms with van der Waals surface area (Å²) >= 11 is 0. The van der Waals surface area contributed by atoms with Gasteiger partial charge in [-0.1, -0.05) is 12.1 Å². The third-order valence-corrected chi connectivity index (χ3v) is 8.03. The van der Waals surface area contributed by atoms with Crippen LogP contribution in [0, 0.1) is 0 Å². The van der Waals surface area contributed by atoms with Crippen molar-refractivity contribution in [2.24, 2.45) is 0 Å². The molecule has 49 heavy (non-hydrogen) atoms. The van der Waals surface area contributed by atoms with Gasteiger partial charge in [-0.2, -0.15) is 31.4 Å². The largest absolute Gasteiger partial charge is 0.497 e. The van der Waals surface area contributed by atoms with Gasteiger partial charge in [0.2, 0.25) is 17.7 Å². The zero-order chi connectivity index (χ0) is 35.6. The molecule has 1 aliphatic heterocycles. The maximum atomic E-state index is 14.0. The summed E-state index contributed by atoms with van der Waals surface area (Å²) in [6.45, 7) is 5.49. The number of hydrogen-bond acceptors (Lipinski definition) is 11. The van der Waals surface area contributed by atoms with Crippen LogP contribution in [0.5, 0.6) is 5.75 Å². The van der Waals surface area contributed by atoms with E-state index in [0.717, 1.165) is 23.3 Å². The normalized spacial score (nSPS) is 17.2. The highest BCUT2D eigenvalue weighted by molar-refractivity contribution is 5.50. The van der Waals surface area contributed by atoms with Gasteiger partial charge in [0.1, 0.15) is 17.9 Å². The molecule has 12 nitrogen and oxygen atoms in total. The molecule has 0 radical (unpaired) electrons. The second-order valence-corrected chi connectivity index (χ2v) is 12.3. The smallest absolute Gasteiger partial charge is 0.423 e. The minimum absolute atomic E-state index is 0.0670. The number of anilines is 2. The highest BCUT2D eigenvalue weighted by Crippen LogP contribution is 2.39. The molecule has 0 saturated carbocycles. The van der Waals surface area contributed by atoms with E-state index in [4.69, 9.17) is 13.9 Å². The van der Waals surface area contributed by atoms with E-state index in [9.17, 15) is 31.1 Å². The molecule has 0 bridgehead atoms. The van der Waals surface area contributed by atoms with Crippen LogP contribution in [0.25, 0.3) is 0 Å². The molecule has 264 valence electrons. The van der Waals surface area contributed by atoms with Gasteiger partial charge in [-0.25, -0.2) is 14.6 Å². The second kappa shape index (κ2) is 14.0. The minimum atomic E-state index is -4.94. The zero-order valence-electron chi connectivity index (χ0n) is 27.0. The first-order valence-corrected chi connectivity index (χ1v) is 15.2. The standard InChI is InChI=1S/C31H34F6N8O4/c1-18(41-23-14-40-45(27(46)25(23)31(35,36)37)15-19-5-7-22(47-4)8-6-19)16-48-17-24-42-43-26(49-24)20-9-10-44(29(2,3)11-20)28-38-12-21(13-39-28)30(32,33)34/h5-8,12-14,18,20,41H,9-11,15-17H2,1-4H3. The Labute approximate surface area is 276 Å². The van der Waals surface area contributed by atoms with Crippen LogP contribution in [0.2, 0.25) is 0 Å². The monoisotopic (exact) mass is 696 g/mol. The zero-order valence-corrected chi connectivity index (χ0v) is 27.0. The lowest BCUT2D eigenvalue weighted by atomic mass is 9.83. The summed E-state index contributed by atoms with van der Waals surface area (Å²) in [6, 6.07) is 5.85. The lowest BCUT2D eigenvalue weighted by molar-refractivity contribution is -0.139. The van der Waals surface area contributed by atoms with Crippen molar-refractivity contribution in [2.45, 2.75) is 76.6 Å². The number of nitrogens with zero attached hydrogens (tertiary/aromatic N) is 7. The summed E-state index contributed by atoms with van der Waals surface area (Å²) in [6.07, 6.45) is -5.92. The first-order chi connectivity index (χ1) is 23.0. The fourth-order valence-corrected chi connectivity index (χ4v) is 5.60. The molecule has 3 aromatic heterocycles. The van der Waals surface area contributed by atoms with Gasteiger partial charge >= 0.3 is 12.4 Å². The number of methoxy groups -OCH3 is 1. The predicted octanol–water partition coefficient (Wildman–Crippen LogP) is 5.69. The Balaban J connectivity index is 1.16. The van der Waals surface area contributed by atoms with E-state index in [2.05, 4.69) is 30.6 Å². The Bertz CT molecular complexity index is 1780. The molecule has 1 N–H and O–H groups in total. The molecule has 18 heteroatoms. The summed E-state index contributed by atoms with van der Waals surface area (Å²) in [7, 11) is 1.48. The fourth-order valence-electron chi connectivity index (χ4n) is 5.60. The third-order valence-electron chi connectivity index (χ3n) is 8.03. The highest BCUT2D eigenvalue weighted by Gasteiger charge is 2.40. The summed E-state index contributed by atoms with van der Waals surface area (Å²) in [5.74, 6) is 1.12. The number of rotatable bonds is 11. The van der Waals surface area contributed by atoms with Crippen molar-refractivity contribution in [3.05, 3.63) is 81.7 Å². The van der Waals surface area contributed by atoms with E-state index in [1.165, 1.54) is 7.11 Å². The van der Waals surface area contributed by atoms with Crippen LogP contribution in [-0.2, 0) is 30.2 Å². The summed E-state index contributed by atoms with van der Waals surface area (Å²) in [4.78, 5) is 22.6. The number of ether oxygens (including phenoxy) is 2. The Kier molecular flexibility index (Phi) is 10.2.